The summed E-state index contributed by atoms with van der Waals surface area (Å²) < 4.78 is 10.7. The molecule has 0 bridgehead atoms. The second kappa shape index (κ2) is 6.97. The average Bonchev–Trinajstić information content (AvgIpc) is 3.39. The van der Waals surface area contributed by atoms with E-state index in [0.717, 1.165) is 30.6 Å². The molecule has 8 nitrogen and oxygen atoms in total. The Morgan fingerprint density at radius 1 is 1.18 bits per heavy atom. The summed E-state index contributed by atoms with van der Waals surface area (Å²) in [6.07, 6.45) is 4.36. The smallest absolute Gasteiger partial charge is 0.325 e. The number of benzene rings is 1. The number of carbonyl (C=O) groups excluding carboxylic acids is 2. The first kappa shape index (κ1) is 17.3. The van der Waals surface area contributed by atoms with Crippen molar-refractivity contribution in [1.82, 2.24) is 9.88 Å². The van der Waals surface area contributed by atoms with E-state index >= 15 is 0 Å². The summed E-state index contributed by atoms with van der Waals surface area (Å²) in [6.45, 7) is 1.23. The van der Waals surface area contributed by atoms with Gasteiger partial charge >= 0.3 is 6.03 Å². The number of carbonyl (C=O) groups is 2. The van der Waals surface area contributed by atoms with Crippen molar-refractivity contribution in [3.05, 3.63) is 28.8 Å². The zero-order valence-corrected chi connectivity index (χ0v) is 16.1. The predicted molar refractivity (Wildman–Crippen MR) is 104 cm³/mol. The molecule has 0 atom stereocenters. The molecule has 3 amide bonds. The van der Waals surface area contributed by atoms with Gasteiger partial charge in [0.15, 0.2) is 16.6 Å². The summed E-state index contributed by atoms with van der Waals surface area (Å²) in [5, 5.41) is 3.49. The number of aryl methyl sites for hydroxylation is 2. The number of aromatic nitrogens is 1. The fourth-order valence-corrected chi connectivity index (χ4v) is 4.83. The van der Waals surface area contributed by atoms with E-state index in [0.29, 0.717) is 29.7 Å². The molecule has 5 rings (SSSR count). The van der Waals surface area contributed by atoms with E-state index in [1.807, 2.05) is 6.07 Å². The third-order valence-corrected chi connectivity index (χ3v) is 6.26. The molecule has 28 heavy (non-hydrogen) atoms. The van der Waals surface area contributed by atoms with Crippen molar-refractivity contribution >= 4 is 34.1 Å². The topological polar surface area (TPSA) is 84.0 Å². The molecule has 1 saturated heterocycles. The number of nitrogens with zero attached hydrogens (tertiary/aromatic N) is 3. The number of hydrogen-bond acceptors (Lipinski definition) is 6. The molecule has 1 N–H and O–H groups in total. The Morgan fingerprint density at radius 2 is 2.04 bits per heavy atom. The summed E-state index contributed by atoms with van der Waals surface area (Å²) in [6, 6.07) is 5.23. The van der Waals surface area contributed by atoms with E-state index in [-0.39, 0.29) is 25.3 Å². The Kier molecular flexibility index (Phi) is 4.31. The molecular formula is C19H20N4O4S. The Balaban J connectivity index is 1.22. The largest absolute Gasteiger partial charge is 0.454 e. The molecule has 1 aliphatic carbocycles. The van der Waals surface area contributed by atoms with E-state index in [4.69, 9.17) is 9.47 Å². The van der Waals surface area contributed by atoms with Crippen LogP contribution in [0.2, 0.25) is 0 Å². The minimum Gasteiger partial charge on any atom is -0.454 e. The minimum absolute atomic E-state index is 0.0180. The van der Waals surface area contributed by atoms with Crippen LogP contribution in [0.25, 0.3) is 0 Å². The zero-order chi connectivity index (χ0) is 19.1. The van der Waals surface area contributed by atoms with Gasteiger partial charge in [0.05, 0.1) is 5.69 Å². The van der Waals surface area contributed by atoms with Crippen LogP contribution in [0, 0.1) is 0 Å². The van der Waals surface area contributed by atoms with Crippen molar-refractivity contribution in [3.8, 4) is 11.5 Å². The number of thiazole rings is 1. The van der Waals surface area contributed by atoms with Crippen LogP contribution in [0.3, 0.4) is 0 Å². The molecule has 9 heteroatoms. The van der Waals surface area contributed by atoms with Crippen LogP contribution in [-0.2, 0) is 17.6 Å². The van der Waals surface area contributed by atoms with Crippen molar-refractivity contribution in [2.45, 2.75) is 25.7 Å². The molecule has 3 heterocycles. The summed E-state index contributed by atoms with van der Waals surface area (Å²) in [4.78, 5) is 34.2. The molecule has 1 aromatic heterocycles. The standard InChI is InChI=1S/C19H20N4O4S/c24-17(21-18-20-13-3-1-2-4-16(13)28-18)10-22-7-8-23(19(22)25)12-5-6-14-15(9-12)27-11-26-14/h5-6,9H,1-4,7-8,10-11H2,(H,20,21,24). The number of urea groups is 1. The molecule has 1 fully saturated rings. The van der Waals surface area contributed by atoms with Crippen LogP contribution in [-0.4, -0.2) is 48.2 Å². The van der Waals surface area contributed by atoms with Gasteiger partial charge in [-0.25, -0.2) is 9.78 Å². The fraction of sp³-hybridized carbons (Fsp3) is 0.421. The molecule has 2 aromatic rings. The molecule has 0 unspecified atom stereocenters. The van der Waals surface area contributed by atoms with Gasteiger partial charge in [0.25, 0.3) is 0 Å². The first-order valence-corrected chi connectivity index (χ1v) is 10.2. The van der Waals surface area contributed by atoms with Gasteiger partial charge in [0.2, 0.25) is 12.7 Å². The number of fused-ring (bicyclic) bond motifs is 2. The van der Waals surface area contributed by atoms with E-state index in [1.165, 1.54) is 11.3 Å². The quantitative estimate of drug-likeness (QED) is 0.853. The van der Waals surface area contributed by atoms with Gasteiger partial charge in [-0.05, 0) is 37.8 Å². The molecule has 146 valence electrons. The van der Waals surface area contributed by atoms with Gasteiger partial charge in [-0.1, -0.05) is 0 Å². The highest BCUT2D eigenvalue weighted by Gasteiger charge is 2.32. The fourth-order valence-electron chi connectivity index (χ4n) is 3.76. The summed E-state index contributed by atoms with van der Waals surface area (Å²) in [5.74, 6) is 1.10. The normalized spacial score (nSPS) is 17.8. The molecule has 0 spiro atoms. The maximum atomic E-state index is 12.7. The maximum Gasteiger partial charge on any atom is 0.325 e. The van der Waals surface area contributed by atoms with Crippen LogP contribution in [0.4, 0.5) is 15.6 Å². The SMILES string of the molecule is O=C(CN1CCN(c2ccc3c(c2)OCO3)C1=O)Nc1nc2c(s1)CCCC2. The van der Waals surface area contributed by atoms with Crippen LogP contribution in [0.15, 0.2) is 18.2 Å². The summed E-state index contributed by atoms with van der Waals surface area (Å²) >= 11 is 1.55. The van der Waals surface area contributed by atoms with E-state index in [1.54, 1.807) is 33.3 Å². The molecule has 0 saturated carbocycles. The lowest BCUT2D eigenvalue weighted by Crippen LogP contribution is -2.37. The molecule has 2 aliphatic heterocycles. The number of hydrogen-bond donors (Lipinski definition) is 1. The third kappa shape index (κ3) is 3.15. The lowest BCUT2D eigenvalue weighted by Gasteiger charge is -2.18. The second-order valence-corrected chi connectivity index (χ2v) is 8.12. The number of ether oxygens (including phenoxy) is 2. The first-order valence-electron chi connectivity index (χ1n) is 9.42. The Labute approximate surface area is 166 Å². The van der Waals surface area contributed by atoms with Gasteiger partial charge in [0, 0.05) is 29.7 Å². The number of amides is 3. The maximum absolute atomic E-state index is 12.7. The second-order valence-electron chi connectivity index (χ2n) is 7.04. The molecular weight excluding hydrogens is 380 g/mol. The van der Waals surface area contributed by atoms with Crippen molar-refractivity contribution in [1.29, 1.82) is 0 Å². The number of rotatable bonds is 4. The van der Waals surface area contributed by atoms with Gasteiger partial charge in [-0.15, -0.1) is 11.3 Å². The highest BCUT2D eigenvalue weighted by molar-refractivity contribution is 7.15. The summed E-state index contributed by atoms with van der Waals surface area (Å²) in [5.41, 5.74) is 1.85. The van der Waals surface area contributed by atoms with Crippen LogP contribution < -0.4 is 19.7 Å². The van der Waals surface area contributed by atoms with Crippen molar-refractivity contribution in [2.24, 2.45) is 0 Å². The molecule has 1 aromatic carbocycles. The van der Waals surface area contributed by atoms with Crippen LogP contribution in [0.1, 0.15) is 23.4 Å². The van der Waals surface area contributed by atoms with E-state index in [2.05, 4.69) is 10.3 Å². The minimum atomic E-state index is -0.216. The van der Waals surface area contributed by atoms with Crippen molar-refractivity contribution in [3.63, 3.8) is 0 Å². The van der Waals surface area contributed by atoms with Gasteiger partial charge in [-0.3, -0.25) is 9.69 Å². The Bertz CT molecular complexity index is 921. The van der Waals surface area contributed by atoms with Crippen molar-refractivity contribution < 1.29 is 19.1 Å². The molecule has 3 aliphatic rings. The Morgan fingerprint density at radius 3 is 2.93 bits per heavy atom. The lowest BCUT2D eigenvalue weighted by molar-refractivity contribution is -0.116. The van der Waals surface area contributed by atoms with E-state index in [9.17, 15) is 9.59 Å². The van der Waals surface area contributed by atoms with Crippen LogP contribution in [0.5, 0.6) is 11.5 Å². The summed E-state index contributed by atoms with van der Waals surface area (Å²) in [7, 11) is 0. The number of anilines is 2. The van der Waals surface area contributed by atoms with Gasteiger partial charge < -0.3 is 19.7 Å². The first-order chi connectivity index (χ1) is 13.7. The molecule has 0 radical (unpaired) electrons. The zero-order valence-electron chi connectivity index (χ0n) is 15.3. The highest BCUT2D eigenvalue weighted by atomic mass is 32.1. The van der Waals surface area contributed by atoms with E-state index < -0.39 is 0 Å². The Hall–Kier alpha value is -2.81. The van der Waals surface area contributed by atoms with Crippen LogP contribution >= 0.6 is 11.3 Å². The van der Waals surface area contributed by atoms with Crippen molar-refractivity contribution in [2.75, 3.05) is 36.6 Å². The predicted octanol–water partition coefficient (Wildman–Crippen LogP) is 2.63. The number of nitrogens with one attached hydrogen (secondary N) is 1. The lowest BCUT2D eigenvalue weighted by atomic mass is 10.0. The monoisotopic (exact) mass is 400 g/mol. The third-order valence-electron chi connectivity index (χ3n) is 5.19. The highest BCUT2D eigenvalue weighted by Crippen LogP contribution is 2.36. The average molecular weight is 400 g/mol. The van der Waals surface area contributed by atoms with Gasteiger partial charge in [0.1, 0.15) is 6.54 Å². The van der Waals surface area contributed by atoms with Gasteiger partial charge in [-0.2, -0.15) is 0 Å².